The maximum Gasteiger partial charge on any atom is 0.314 e. The molecule has 17 heteroatoms. The van der Waals surface area contributed by atoms with Crippen LogP contribution in [-0.4, -0.2) is 73.8 Å². The summed E-state index contributed by atoms with van der Waals surface area (Å²) < 4.78 is 9.15. The number of ether oxygens (including phenoxy) is 1. The van der Waals surface area contributed by atoms with Gasteiger partial charge in [0.15, 0.2) is 15.9 Å². The van der Waals surface area contributed by atoms with Gasteiger partial charge in [0.05, 0.1) is 17.1 Å². The number of nitrogens with one attached hydrogen (secondary N) is 1. The number of carboxylic acids is 1. The van der Waals surface area contributed by atoms with E-state index in [1.54, 1.807) is 31.5 Å². The molecule has 5 rings (SSSR count). The predicted octanol–water partition coefficient (Wildman–Crippen LogP) is 0.359. The number of oxime groups is 1. The molecular formula is C27H29N7O7S3. The van der Waals surface area contributed by atoms with Gasteiger partial charge in [0.25, 0.3) is 17.5 Å². The van der Waals surface area contributed by atoms with Gasteiger partial charge in [-0.25, -0.2) is 4.98 Å². The van der Waals surface area contributed by atoms with Crippen molar-refractivity contribution in [2.24, 2.45) is 10.6 Å². The largest absolute Gasteiger partial charge is 0.543 e. The van der Waals surface area contributed by atoms with E-state index in [1.165, 1.54) is 36.0 Å². The lowest BCUT2D eigenvalue weighted by Gasteiger charge is -2.50. The molecule has 232 valence electrons. The van der Waals surface area contributed by atoms with Crippen molar-refractivity contribution in [2.45, 2.75) is 43.9 Å². The summed E-state index contributed by atoms with van der Waals surface area (Å²) in [6, 6.07) is 4.63. The number of nitrogens with zero attached hydrogens (tertiary/aromatic N) is 5. The molecule has 0 saturated carbocycles. The standard InChI is InChI=1S/C27H29N7O7S3/c1-27(2,3)25(39)41-13-32-8-9-33-16(32)6-5-7-17(33)42-10-14-11-43-23-19(22(36)34(23)20(14)24(37)38)30-21(35)18(31-40-4)15-12-44-26(28)29-15/h5-9,12,19,23H,10-11,13H2,1-4H3,(H3-,28,29,30,35,37,38)/b31-18-/t19-,23-/m1/s1. The van der Waals surface area contributed by atoms with Crippen LogP contribution < -0.4 is 20.7 Å². The Morgan fingerprint density at radius 1 is 1.32 bits per heavy atom. The summed E-state index contributed by atoms with van der Waals surface area (Å²) in [5, 5.41) is 20.5. The van der Waals surface area contributed by atoms with Crippen LogP contribution in [0.4, 0.5) is 5.13 Å². The van der Waals surface area contributed by atoms with Gasteiger partial charge in [-0.3, -0.25) is 19.3 Å². The third kappa shape index (κ3) is 6.11. The molecule has 1 saturated heterocycles. The van der Waals surface area contributed by atoms with E-state index in [-0.39, 0.29) is 40.7 Å². The van der Waals surface area contributed by atoms with Gasteiger partial charge < -0.3 is 30.5 Å². The Balaban J connectivity index is 1.29. The minimum absolute atomic E-state index is 0.0458. The monoisotopic (exact) mass is 659 g/mol. The molecule has 2 atom stereocenters. The fourth-order valence-electron chi connectivity index (χ4n) is 4.51. The van der Waals surface area contributed by atoms with E-state index in [4.69, 9.17) is 15.3 Å². The van der Waals surface area contributed by atoms with Crippen LogP contribution in [0.15, 0.2) is 57.4 Å². The van der Waals surface area contributed by atoms with Gasteiger partial charge in [-0.1, -0.05) is 16.9 Å². The number of anilines is 1. The highest BCUT2D eigenvalue weighted by Crippen LogP contribution is 2.41. The van der Waals surface area contributed by atoms with E-state index in [9.17, 15) is 24.3 Å². The molecule has 2 amide bonds. The van der Waals surface area contributed by atoms with Crippen LogP contribution in [0.25, 0.3) is 5.65 Å². The molecule has 3 aromatic rings. The lowest BCUT2D eigenvalue weighted by molar-refractivity contribution is -0.703. The molecule has 0 radical (unpaired) electrons. The number of pyridine rings is 1. The van der Waals surface area contributed by atoms with Crippen molar-refractivity contribution in [3.8, 4) is 0 Å². The van der Waals surface area contributed by atoms with Crippen LogP contribution in [0.2, 0.25) is 0 Å². The topological polar surface area (TPSA) is 185 Å². The molecule has 5 heterocycles. The summed E-state index contributed by atoms with van der Waals surface area (Å²) in [5.74, 6) is -2.49. The number of aliphatic carboxylic acids is 1. The summed E-state index contributed by atoms with van der Waals surface area (Å²) in [6.07, 6.45) is 3.62. The average molecular weight is 660 g/mol. The van der Waals surface area contributed by atoms with Gasteiger partial charge in [-0.2, -0.15) is 8.97 Å². The molecule has 0 aliphatic carbocycles. The number of nitrogens with two attached hydrogens (primary N) is 1. The average Bonchev–Trinajstić information content (AvgIpc) is 3.61. The zero-order chi connectivity index (χ0) is 31.8. The van der Waals surface area contributed by atoms with Crippen LogP contribution >= 0.6 is 34.9 Å². The number of imidazole rings is 1. The fourth-order valence-corrected chi connectivity index (χ4v) is 7.57. The van der Waals surface area contributed by atoms with Crippen LogP contribution in [-0.2, 0) is 35.5 Å². The lowest BCUT2D eigenvalue weighted by Crippen LogP contribution is -2.71. The van der Waals surface area contributed by atoms with Crippen molar-refractivity contribution in [1.82, 2.24) is 19.6 Å². The number of carbonyl (C=O) groups is 4. The number of hydrogen-bond donors (Lipinski definition) is 2. The number of esters is 1. The van der Waals surface area contributed by atoms with E-state index in [2.05, 4.69) is 15.5 Å². The molecule has 0 spiro atoms. The van der Waals surface area contributed by atoms with Crippen LogP contribution in [0.5, 0.6) is 0 Å². The number of rotatable bonds is 10. The lowest BCUT2D eigenvalue weighted by atomic mass is 9.98. The molecule has 2 aliphatic heterocycles. The van der Waals surface area contributed by atoms with Gasteiger partial charge in [0.2, 0.25) is 6.73 Å². The zero-order valence-electron chi connectivity index (χ0n) is 24.1. The number of β-lactam (4-membered cyclic amide) rings is 1. The number of nitrogen functional groups attached to an aromatic ring is 1. The fraction of sp³-hybridized carbons (Fsp3) is 0.370. The highest BCUT2D eigenvalue weighted by molar-refractivity contribution is 8.01. The van der Waals surface area contributed by atoms with Gasteiger partial charge in [-0.15, -0.1) is 23.1 Å². The Bertz CT molecular complexity index is 1710. The Hall–Kier alpha value is -4.09. The molecule has 3 N–H and O–H groups in total. The number of carboxylic acid groups (broad SMARTS) is 1. The van der Waals surface area contributed by atoms with Crippen molar-refractivity contribution in [1.29, 1.82) is 0 Å². The van der Waals surface area contributed by atoms with E-state index in [0.29, 0.717) is 11.3 Å². The van der Waals surface area contributed by atoms with E-state index in [0.717, 1.165) is 26.9 Å². The molecule has 2 aliphatic rings. The van der Waals surface area contributed by atoms with Crippen LogP contribution in [0.3, 0.4) is 0 Å². The number of thioether (sulfide) groups is 2. The number of carbonyl (C=O) groups excluding carboxylic acids is 4. The van der Waals surface area contributed by atoms with E-state index >= 15 is 0 Å². The number of fused-ring (bicyclic) bond motifs is 2. The van der Waals surface area contributed by atoms with Crippen molar-refractivity contribution in [2.75, 3.05) is 24.3 Å². The molecular weight excluding hydrogens is 631 g/mol. The third-order valence-corrected chi connectivity index (χ3v) is 9.82. The van der Waals surface area contributed by atoms with Gasteiger partial charge in [0, 0.05) is 23.0 Å². The number of aromatic nitrogens is 3. The molecule has 14 nitrogen and oxygen atoms in total. The SMILES string of the molecule is CO/N=C(\C(=O)N[C@@H]1C(=O)N2C(C(=O)[O-])=C(CSc3cccc4n3cc[n+]4COC(=O)C(C)(C)C)CS[C@H]12)c1csc(N)n1. The summed E-state index contributed by atoms with van der Waals surface area (Å²) in [4.78, 5) is 60.6. The number of thiazole rings is 1. The summed E-state index contributed by atoms with van der Waals surface area (Å²) in [7, 11) is 1.27. The highest BCUT2D eigenvalue weighted by Gasteiger charge is 2.53. The first kappa shape index (κ1) is 31.3. The first-order valence-corrected chi connectivity index (χ1v) is 16.1. The Morgan fingerprint density at radius 3 is 2.75 bits per heavy atom. The Kier molecular flexibility index (Phi) is 8.90. The second-order valence-electron chi connectivity index (χ2n) is 10.8. The molecule has 0 bridgehead atoms. The van der Waals surface area contributed by atoms with Gasteiger partial charge in [0.1, 0.15) is 36.6 Å². The first-order valence-electron chi connectivity index (χ1n) is 13.2. The Labute approximate surface area is 264 Å². The second kappa shape index (κ2) is 12.5. The number of amides is 2. The third-order valence-electron chi connectivity index (χ3n) is 6.69. The molecule has 3 aromatic heterocycles. The first-order chi connectivity index (χ1) is 20.9. The minimum atomic E-state index is -1.47. The van der Waals surface area contributed by atoms with Crippen LogP contribution in [0.1, 0.15) is 26.5 Å². The van der Waals surface area contributed by atoms with Gasteiger partial charge >= 0.3 is 5.97 Å². The van der Waals surface area contributed by atoms with Crippen LogP contribution in [0, 0.1) is 5.41 Å². The summed E-state index contributed by atoms with van der Waals surface area (Å²) >= 11 is 3.85. The van der Waals surface area contributed by atoms with E-state index in [1.807, 2.05) is 28.8 Å². The van der Waals surface area contributed by atoms with Crippen molar-refractivity contribution >= 4 is 75.1 Å². The second-order valence-corrected chi connectivity index (χ2v) is 13.7. The summed E-state index contributed by atoms with van der Waals surface area (Å²) in [6.45, 7) is 5.40. The minimum Gasteiger partial charge on any atom is -0.543 e. The molecule has 0 unspecified atom stereocenters. The molecule has 0 aromatic carbocycles. The number of hydrogen-bond acceptors (Lipinski definition) is 13. The summed E-state index contributed by atoms with van der Waals surface area (Å²) in [5.41, 5.74) is 6.18. The Morgan fingerprint density at radius 2 is 2.09 bits per heavy atom. The van der Waals surface area contributed by atoms with Gasteiger partial charge in [-0.05, 0) is 38.5 Å². The quantitative estimate of drug-likeness (QED) is 0.0765. The zero-order valence-corrected chi connectivity index (χ0v) is 26.6. The van der Waals surface area contributed by atoms with Crippen molar-refractivity contribution in [3.63, 3.8) is 0 Å². The van der Waals surface area contributed by atoms with Crippen molar-refractivity contribution < 1.29 is 38.4 Å². The maximum atomic E-state index is 13.2. The van der Waals surface area contributed by atoms with Crippen molar-refractivity contribution in [3.05, 3.63) is 52.9 Å². The molecule has 1 fully saturated rings. The highest BCUT2D eigenvalue weighted by atomic mass is 32.2. The predicted molar refractivity (Wildman–Crippen MR) is 161 cm³/mol. The van der Waals surface area contributed by atoms with E-state index < -0.39 is 34.6 Å². The smallest absolute Gasteiger partial charge is 0.314 e. The molecule has 44 heavy (non-hydrogen) atoms. The maximum absolute atomic E-state index is 13.2. The normalized spacial score (nSPS) is 18.6.